The average Bonchev–Trinajstić information content (AvgIpc) is 2.58. The number of piperidine rings is 1. The van der Waals surface area contributed by atoms with Gasteiger partial charge in [-0.2, -0.15) is 26.3 Å². The van der Waals surface area contributed by atoms with Gasteiger partial charge in [-0.1, -0.05) is 12.1 Å². The van der Waals surface area contributed by atoms with Gasteiger partial charge in [0.1, 0.15) is 6.54 Å². The summed E-state index contributed by atoms with van der Waals surface area (Å²) < 4.78 is 75.4. The molecule has 1 N–H and O–H groups in total. The SMILES string of the molecule is O=C(NCC(F)(F)F)C1CCN(C(=O)c2ccccc2C(F)(F)F)CC1. The fraction of sp³-hybridized carbons (Fsp3) is 0.500. The molecule has 2 amide bonds. The fourth-order valence-corrected chi connectivity index (χ4v) is 2.76. The van der Waals surface area contributed by atoms with Gasteiger partial charge in [0, 0.05) is 19.0 Å². The van der Waals surface area contributed by atoms with Crippen molar-refractivity contribution in [1.82, 2.24) is 10.2 Å². The summed E-state index contributed by atoms with van der Waals surface area (Å²) in [5, 5.41) is 1.78. The number of nitrogens with one attached hydrogen (secondary N) is 1. The summed E-state index contributed by atoms with van der Waals surface area (Å²) in [7, 11) is 0. The Hall–Kier alpha value is -2.26. The molecule has 1 saturated heterocycles. The van der Waals surface area contributed by atoms with Crippen LogP contribution in [-0.4, -0.2) is 42.5 Å². The first-order chi connectivity index (χ1) is 12.0. The Morgan fingerprint density at radius 1 is 1.04 bits per heavy atom. The zero-order chi connectivity index (χ0) is 19.5. The molecule has 0 atom stereocenters. The first-order valence-corrected chi connectivity index (χ1v) is 7.79. The Labute approximate surface area is 145 Å². The molecule has 0 radical (unpaired) electrons. The van der Waals surface area contributed by atoms with Gasteiger partial charge >= 0.3 is 12.4 Å². The van der Waals surface area contributed by atoms with E-state index in [2.05, 4.69) is 0 Å². The summed E-state index contributed by atoms with van der Waals surface area (Å²) in [5.41, 5.74) is -1.53. The molecule has 0 saturated carbocycles. The largest absolute Gasteiger partial charge is 0.417 e. The number of halogens is 6. The van der Waals surface area contributed by atoms with Crippen LogP contribution in [0.2, 0.25) is 0 Å². The number of amides is 2. The number of hydrogen-bond donors (Lipinski definition) is 1. The van der Waals surface area contributed by atoms with Crippen molar-refractivity contribution >= 4 is 11.8 Å². The number of nitrogens with zero attached hydrogens (tertiary/aromatic N) is 1. The molecule has 1 aliphatic rings. The molecule has 144 valence electrons. The van der Waals surface area contributed by atoms with Gasteiger partial charge in [0.15, 0.2) is 0 Å². The molecular formula is C16H16F6N2O2. The van der Waals surface area contributed by atoms with Crippen molar-refractivity contribution in [2.45, 2.75) is 25.2 Å². The number of carbonyl (C=O) groups excluding carboxylic acids is 2. The lowest BCUT2D eigenvalue weighted by Crippen LogP contribution is -2.45. The van der Waals surface area contributed by atoms with Crippen LogP contribution < -0.4 is 5.32 Å². The number of rotatable bonds is 3. The van der Waals surface area contributed by atoms with E-state index >= 15 is 0 Å². The lowest BCUT2D eigenvalue weighted by Gasteiger charge is -2.32. The van der Waals surface area contributed by atoms with Crippen LogP contribution in [0.1, 0.15) is 28.8 Å². The maximum atomic E-state index is 13.0. The van der Waals surface area contributed by atoms with Crippen LogP contribution in [0.4, 0.5) is 26.3 Å². The highest BCUT2D eigenvalue weighted by Gasteiger charge is 2.37. The molecule has 4 nitrogen and oxygen atoms in total. The van der Waals surface area contributed by atoms with Crippen molar-refractivity contribution in [3.05, 3.63) is 35.4 Å². The topological polar surface area (TPSA) is 49.4 Å². The quantitative estimate of drug-likeness (QED) is 0.816. The van der Waals surface area contributed by atoms with Crippen molar-refractivity contribution in [2.24, 2.45) is 5.92 Å². The Bertz CT molecular complexity index is 663. The van der Waals surface area contributed by atoms with Crippen LogP contribution in [0, 0.1) is 5.92 Å². The third kappa shape index (κ3) is 5.12. The van der Waals surface area contributed by atoms with Gasteiger partial charge in [0.25, 0.3) is 5.91 Å². The first kappa shape index (κ1) is 20.1. The van der Waals surface area contributed by atoms with Gasteiger partial charge in [-0.15, -0.1) is 0 Å². The molecule has 0 spiro atoms. The van der Waals surface area contributed by atoms with Crippen molar-refractivity contribution in [1.29, 1.82) is 0 Å². The molecular weight excluding hydrogens is 366 g/mol. The van der Waals surface area contributed by atoms with E-state index in [1.807, 2.05) is 0 Å². The van der Waals surface area contributed by atoms with E-state index in [4.69, 9.17) is 0 Å². The number of likely N-dealkylation sites (tertiary alicyclic amines) is 1. The van der Waals surface area contributed by atoms with Crippen LogP contribution >= 0.6 is 0 Å². The summed E-state index contributed by atoms with van der Waals surface area (Å²) in [5.74, 6) is -2.29. The standard InChI is InChI=1S/C16H16F6N2O2/c17-15(18,19)9-23-13(25)10-5-7-24(8-6-10)14(26)11-3-1-2-4-12(11)16(20,21)22/h1-4,10H,5-9H2,(H,23,25). The highest BCUT2D eigenvalue weighted by atomic mass is 19.4. The molecule has 0 unspecified atom stereocenters. The summed E-state index contributed by atoms with van der Waals surface area (Å²) >= 11 is 0. The van der Waals surface area contributed by atoms with E-state index in [0.717, 1.165) is 12.1 Å². The predicted octanol–water partition coefficient (Wildman–Crippen LogP) is 3.24. The normalized spacial score (nSPS) is 16.5. The number of alkyl halides is 6. The number of hydrogen-bond acceptors (Lipinski definition) is 2. The van der Waals surface area contributed by atoms with Crippen molar-refractivity contribution in [3.8, 4) is 0 Å². The zero-order valence-corrected chi connectivity index (χ0v) is 13.5. The zero-order valence-electron chi connectivity index (χ0n) is 13.5. The molecule has 1 aromatic carbocycles. The molecule has 2 rings (SSSR count). The van der Waals surface area contributed by atoms with Crippen LogP contribution in [0.5, 0.6) is 0 Å². The highest BCUT2D eigenvalue weighted by molar-refractivity contribution is 5.96. The minimum Gasteiger partial charge on any atom is -0.347 e. The molecule has 0 aromatic heterocycles. The summed E-state index contributed by atoms with van der Waals surface area (Å²) in [6.45, 7) is -1.45. The molecule has 0 aliphatic carbocycles. The van der Waals surface area contributed by atoms with Crippen molar-refractivity contribution in [2.75, 3.05) is 19.6 Å². The second kappa shape index (κ2) is 7.55. The maximum Gasteiger partial charge on any atom is 0.417 e. The number of benzene rings is 1. The second-order valence-corrected chi connectivity index (χ2v) is 5.94. The monoisotopic (exact) mass is 382 g/mol. The van der Waals surface area contributed by atoms with Gasteiger partial charge in [-0.25, -0.2) is 0 Å². The van der Waals surface area contributed by atoms with E-state index < -0.39 is 47.8 Å². The second-order valence-electron chi connectivity index (χ2n) is 5.94. The molecule has 1 heterocycles. The molecule has 10 heteroatoms. The fourth-order valence-electron chi connectivity index (χ4n) is 2.76. The Kier molecular flexibility index (Phi) is 5.82. The van der Waals surface area contributed by atoms with Crippen LogP contribution in [0.3, 0.4) is 0 Å². The van der Waals surface area contributed by atoms with Crippen LogP contribution in [-0.2, 0) is 11.0 Å². The van der Waals surface area contributed by atoms with Gasteiger partial charge < -0.3 is 10.2 Å². The molecule has 0 bridgehead atoms. The predicted molar refractivity (Wildman–Crippen MR) is 79.1 cm³/mol. The van der Waals surface area contributed by atoms with Gasteiger partial charge in [0.05, 0.1) is 11.1 Å². The smallest absolute Gasteiger partial charge is 0.347 e. The van der Waals surface area contributed by atoms with Gasteiger partial charge in [-0.05, 0) is 25.0 Å². The average molecular weight is 382 g/mol. The van der Waals surface area contributed by atoms with Crippen molar-refractivity contribution < 1.29 is 35.9 Å². The Balaban J connectivity index is 1.98. The van der Waals surface area contributed by atoms with E-state index in [0.29, 0.717) is 0 Å². The Morgan fingerprint density at radius 3 is 2.15 bits per heavy atom. The Morgan fingerprint density at radius 2 is 1.62 bits per heavy atom. The van der Waals surface area contributed by atoms with Crippen molar-refractivity contribution in [3.63, 3.8) is 0 Å². The van der Waals surface area contributed by atoms with Gasteiger partial charge in [-0.3, -0.25) is 9.59 Å². The van der Waals surface area contributed by atoms with E-state index in [1.54, 1.807) is 5.32 Å². The van der Waals surface area contributed by atoms with Gasteiger partial charge in [0.2, 0.25) is 5.91 Å². The highest BCUT2D eigenvalue weighted by Crippen LogP contribution is 2.33. The lowest BCUT2D eigenvalue weighted by molar-refractivity contribution is -0.141. The molecule has 1 aromatic rings. The molecule has 1 fully saturated rings. The minimum absolute atomic E-state index is 0.00483. The first-order valence-electron chi connectivity index (χ1n) is 7.79. The number of carbonyl (C=O) groups is 2. The molecule has 1 aliphatic heterocycles. The van der Waals surface area contributed by atoms with E-state index in [-0.39, 0.29) is 25.9 Å². The van der Waals surface area contributed by atoms with Crippen LogP contribution in [0.25, 0.3) is 0 Å². The summed E-state index contributed by atoms with van der Waals surface area (Å²) in [4.78, 5) is 25.3. The summed E-state index contributed by atoms with van der Waals surface area (Å²) in [6, 6.07) is 4.38. The maximum absolute atomic E-state index is 13.0. The van der Waals surface area contributed by atoms with E-state index in [1.165, 1.54) is 17.0 Å². The minimum atomic E-state index is -4.68. The summed E-state index contributed by atoms with van der Waals surface area (Å²) in [6.07, 6.45) is -9.02. The van der Waals surface area contributed by atoms with Crippen LogP contribution in [0.15, 0.2) is 24.3 Å². The lowest BCUT2D eigenvalue weighted by atomic mass is 9.95. The van der Waals surface area contributed by atoms with E-state index in [9.17, 15) is 35.9 Å². The molecule has 26 heavy (non-hydrogen) atoms. The third-order valence-electron chi connectivity index (χ3n) is 4.08. The third-order valence-corrected chi connectivity index (χ3v) is 4.08.